The van der Waals surface area contributed by atoms with Crippen LogP contribution in [0.3, 0.4) is 0 Å². The number of ether oxygens (including phenoxy) is 1. The molecule has 4 fully saturated rings. The molecular formula is C20H33N7O4S. The number of methoxy groups -OCH3 is 1. The zero-order valence-corrected chi connectivity index (χ0v) is 19.1. The summed E-state index contributed by atoms with van der Waals surface area (Å²) in [6.07, 6.45) is 6.68. The first-order valence-corrected chi connectivity index (χ1v) is 13.1. The van der Waals surface area contributed by atoms with Crippen LogP contribution in [0, 0.1) is 0 Å². The first kappa shape index (κ1) is 22.1. The SMILES string of the molecule is COc1cc(NC2CC(CO)NN2)nc(NC2C[C@H]3CCC[C@@H](C2)N3S(=O)(=O)C2CC2)n1. The second-order valence-corrected chi connectivity index (χ2v) is 11.5. The lowest BCUT2D eigenvalue weighted by molar-refractivity contribution is 0.115. The molecule has 1 aromatic heterocycles. The molecule has 0 radical (unpaired) electrons. The molecule has 5 N–H and O–H groups in total. The third-order valence-electron chi connectivity index (χ3n) is 6.92. The normalized spacial score (nSPS) is 33.1. The average Bonchev–Trinajstić information content (AvgIpc) is 3.54. The van der Waals surface area contributed by atoms with E-state index in [2.05, 4.69) is 31.5 Å². The molecule has 3 unspecified atom stereocenters. The van der Waals surface area contributed by atoms with Crippen LogP contribution in [0.25, 0.3) is 0 Å². The molecule has 11 nitrogen and oxygen atoms in total. The van der Waals surface area contributed by atoms with E-state index >= 15 is 0 Å². The molecule has 5 rings (SSSR count). The Morgan fingerprint density at radius 3 is 2.50 bits per heavy atom. The van der Waals surface area contributed by atoms with Crippen LogP contribution >= 0.6 is 0 Å². The van der Waals surface area contributed by atoms with Gasteiger partial charge in [0.15, 0.2) is 0 Å². The Kier molecular flexibility index (Phi) is 6.14. The van der Waals surface area contributed by atoms with E-state index in [1.54, 1.807) is 13.2 Å². The first-order valence-electron chi connectivity index (χ1n) is 11.6. The number of fused-ring (bicyclic) bond motifs is 2. The fraction of sp³-hybridized carbons (Fsp3) is 0.800. The van der Waals surface area contributed by atoms with Gasteiger partial charge in [0.2, 0.25) is 21.9 Å². The van der Waals surface area contributed by atoms with Gasteiger partial charge in [0.05, 0.1) is 25.1 Å². The highest BCUT2D eigenvalue weighted by molar-refractivity contribution is 7.90. The molecule has 178 valence electrons. The molecule has 5 atom stereocenters. The van der Waals surface area contributed by atoms with Crippen molar-refractivity contribution in [2.75, 3.05) is 24.4 Å². The minimum Gasteiger partial charge on any atom is -0.481 e. The van der Waals surface area contributed by atoms with Gasteiger partial charge in [-0.05, 0) is 38.5 Å². The number of aromatic nitrogens is 2. The van der Waals surface area contributed by atoms with Gasteiger partial charge >= 0.3 is 0 Å². The smallest absolute Gasteiger partial charge is 0.228 e. The molecule has 0 spiro atoms. The molecule has 2 bridgehead atoms. The molecule has 32 heavy (non-hydrogen) atoms. The summed E-state index contributed by atoms with van der Waals surface area (Å²) in [5.41, 5.74) is 6.13. The van der Waals surface area contributed by atoms with E-state index in [1.165, 1.54) is 0 Å². The van der Waals surface area contributed by atoms with Crippen LogP contribution in [0.15, 0.2) is 6.07 Å². The third-order valence-corrected chi connectivity index (χ3v) is 9.41. The summed E-state index contributed by atoms with van der Waals surface area (Å²) in [6.45, 7) is 0.0581. The van der Waals surface area contributed by atoms with Crippen molar-refractivity contribution < 1.29 is 18.3 Å². The summed E-state index contributed by atoms with van der Waals surface area (Å²) in [5.74, 6) is 1.54. The van der Waals surface area contributed by atoms with E-state index in [0.717, 1.165) is 44.9 Å². The number of aliphatic hydroxyl groups is 1. The molecule has 1 aromatic rings. The highest BCUT2D eigenvalue weighted by Crippen LogP contribution is 2.42. The number of hydrogen-bond acceptors (Lipinski definition) is 10. The van der Waals surface area contributed by atoms with Gasteiger partial charge in [-0.3, -0.25) is 5.43 Å². The lowest BCUT2D eigenvalue weighted by atomic mass is 9.84. The van der Waals surface area contributed by atoms with Gasteiger partial charge in [-0.1, -0.05) is 6.42 Å². The standard InChI is InChI=1S/C20H33N7O4S/c1-31-19-10-17(22-18-9-13(11-28)25-26-18)23-20(24-19)21-12-7-14-3-2-4-15(8-12)27(14)32(29,30)16-5-6-16/h10,12-16,18,25-26,28H,2-9,11H2,1H3,(H2,21,22,23,24)/t12?,13?,14-,15+,18?. The van der Waals surface area contributed by atoms with Crippen LogP contribution in [0.2, 0.25) is 0 Å². The molecule has 0 amide bonds. The predicted octanol–water partition coefficient (Wildman–Crippen LogP) is 0.372. The van der Waals surface area contributed by atoms with Crippen LogP contribution in [-0.2, 0) is 10.0 Å². The van der Waals surface area contributed by atoms with E-state index in [-0.39, 0.29) is 42.2 Å². The Morgan fingerprint density at radius 1 is 1.12 bits per heavy atom. The minimum atomic E-state index is -3.17. The number of sulfonamides is 1. The van der Waals surface area contributed by atoms with E-state index < -0.39 is 10.0 Å². The molecular weight excluding hydrogens is 434 g/mol. The maximum Gasteiger partial charge on any atom is 0.228 e. The highest BCUT2D eigenvalue weighted by Gasteiger charge is 2.49. The van der Waals surface area contributed by atoms with Crippen LogP contribution < -0.4 is 26.2 Å². The van der Waals surface area contributed by atoms with Gasteiger partial charge in [0.1, 0.15) is 5.82 Å². The van der Waals surface area contributed by atoms with E-state index in [1.807, 2.05) is 4.31 Å². The van der Waals surface area contributed by atoms with Crippen molar-refractivity contribution in [2.24, 2.45) is 0 Å². The zero-order valence-electron chi connectivity index (χ0n) is 18.3. The Morgan fingerprint density at radius 2 is 1.88 bits per heavy atom. The number of rotatable bonds is 8. The van der Waals surface area contributed by atoms with Crippen molar-refractivity contribution in [3.8, 4) is 5.88 Å². The van der Waals surface area contributed by atoms with Gasteiger partial charge in [-0.2, -0.15) is 14.3 Å². The van der Waals surface area contributed by atoms with Gasteiger partial charge in [-0.15, -0.1) is 0 Å². The number of anilines is 2. The molecule has 4 heterocycles. The summed E-state index contributed by atoms with van der Waals surface area (Å²) in [5, 5.41) is 15.9. The van der Waals surface area contributed by atoms with Crippen molar-refractivity contribution >= 4 is 21.8 Å². The second kappa shape index (κ2) is 8.90. The number of nitrogens with one attached hydrogen (secondary N) is 4. The molecule has 3 aliphatic heterocycles. The van der Waals surface area contributed by atoms with E-state index in [0.29, 0.717) is 24.1 Å². The number of nitrogens with zero attached hydrogens (tertiary/aromatic N) is 3. The van der Waals surface area contributed by atoms with Crippen molar-refractivity contribution in [1.29, 1.82) is 0 Å². The zero-order chi connectivity index (χ0) is 22.3. The summed E-state index contributed by atoms with van der Waals surface area (Å²) in [6, 6.07) is 1.95. The summed E-state index contributed by atoms with van der Waals surface area (Å²) in [7, 11) is -1.60. The first-order chi connectivity index (χ1) is 15.5. The van der Waals surface area contributed by atoms with Crippen LogP contribution in [0.5, 0.6) is 5.88 Å². The summed E-state index contributed by atoms with van der Waals surface area (Å²) >= 11 is 0. The quantitative estimate of drug-likeness (QED) is 0.364. The Hall–Kier alpha value is -1.73. The van der Waals surface area contributed by atoms with Crippen molar-refractivity contribution in [1.82, 2.24) is 25.1 Å². The fourth-order valence-corrected chi connectivity index (χ4v) is 7.57. The third kappa shape index (κ3) is 4.51. The van der Waals surface area contributed by atoms with Crippen LogP contribution in [0.4, 0.5) is 11.8 Å². The van der Waals surface area contributed by atoms with E-state index in [4.69, 9.17) is 4.74 Å². The second-order valence-electron chi connectivity index (χ2n) is 9.35. The number of hydrazine groups is 1. The lowest BCUT2D eigenvalue weighted by Crippen LogP contribution is -2.57. The number of aliphatic hydroxyl groups excluding tert-OH is 1. The van der Waals surface area contributed by atoms with Gasteiger partial charge in [-0.25, -0.2) is 13.8 Å². The lowest BCUT2D eigenvalue weighted by Gasteiger charge is -2.47. The van der Waals surface area contributed by atoms with E-state index in [9.17, 15) is 13.5 Å². The maximum absolute atomic E-state index is 13.0. The topological polar surface area (TPSA) is 141 Å². The molecule has 4 aliphatic rings. The number of piperidine rings is 2. The van der Waals surface area contributed by atoms with Crippen LogP contribution in [-0.4, -0.2) is 77.1 Å². The van der Waals surface area contributed by atoms with Gasteiger partial charge in [0, 0.05) is 36.7 Å². The van der Waals surface area contributed by atoms with Gasteiger partial charge in [0.25, 0.3) is 0 Å². The minimum absolute atomic E-state index is 0.00894. The average molecular weight is 468 g/mol. The molecule has 0 aromatic carbocycles. The molecule has 1 aliphatic carbocycles. The maximum atomic E-state index is 13.0. The molecule has 12 heteroatoms. The molecule has 3 saturated heterocycles. The Balaban J connectivity index is 1.28. The molecule has 1 saturated carbocycles. The summed E-state index contributed by atoms with van der Waals surface area (Å²) in [4.78, 5) is 9.07. The van der Waals surface area contributed by atoms with Gasteiger partial charge < -0.3 is 20.5 Å². The Labute approximate surface area is 188 Å². The monoisotopic (exact) mass is 467 g/mol. The summed E-state index contributed by atoms with van der Waals surface area (Å²) < 4.78 is 33.2. The van der Waals surface area contributed by atoms with Crippen molar-refractivity contribution in [2.45, 2.75) is 86.9 Å². The fourth-order valence-electron chi connectivity index (χ4n) is 5.27. The highest BCUT2D eigenvalue weighted by atomic mass is 32.2. The number of hydrogen-bond donors (Lipinski definition) is 5. The predicted molar refractivity (Wildman–Crippen MR) is 120 cm³/mol. The Bertz CT molecular complexity index is 915. The van der Waals surface area contributed by atoms with Crippen LogP contribution in [0.1, 0.15) is 51.4 Å². The van der Waals surface area contributed by atoms with Crippen molar-refractivity contribution in [3.05, 3.63) is 6.07 Å². The largest absolute Gasteiger partial charge is 0.481 e. The van der Waals surface area contributed by atoms with Crippen molar-refractivity contribution in [3.63, 3.8) is 0 Å².